The number of rotatable bonds is 8. The number of hydrogen-bond donors (Lipinski definition) is 2. The Morgan fingerprint density at radius 2 is 1.62 bits per heavy atom. The summed E-state index contributed by atoms with van der Waals surface area (Å²) < 4.78 is 37.4. The zero-order valence-electron chi connectivity index (χ0n) is 18.1. The minimum Gasteiger partial charge on any atom is -0.497 e. The van der Waals surface area contributed by atoms with E-state index in [-0.39, 0.29) is 17.0 Å². The maximum absolute atomic E-state index is 12.8. The van der Waals surface area contributed by atoms with Gasteiger partial charge in [-0.15, -0.1) is 0 Å². The second-order valence-electron chi connectivity index (χ2n) is 7.32. The lowest BCUT2D eigenvalue weighted by Gasteiger charge is -2.26. The van der Waals surface area contributed by atoms with Crippen molar-refractivity contribution < 1.29 is 27.5 Å². The molecule has 3 rings (SSSR count). The van der Waals surface area contributed by atoms with Crippen molar-refractivity contribution in [2.45, 2.75) is 24.2 Å². The first kappa shape index (κ1) is 23.6. The van der Waals surface area contributed by atoms with E-state index in [0.717, 1.165) is 19.3 Å². The second-order valence-corrected chi connectivity index (χ2v) is 9.26. The number of piperidine rings is 1. The SMILES string of the molecule is COc1cc(OC)cc(C(=O)NCC(=O)Nc2cccc(S(=O)(=O)N3CCCCC3)c2)c1. The Morgan fingerprint density at radius 1 is 0.969 bits per heavy atom. The van der Waals surface area contributed by atoms with Crippen molar-refractivity contribution in [2.75, 3.05) is 39.2 Å². The van der Waals surface area contributed by atoms with Crippen molar-refractivity contribution in [1.82, 2.24) is 9.62 Å². The summed E-state index contributed by atoms with van der Waals surface area (Å²) in [4.78, 5) is 24.9. The number of sulfonamides is 1. The van der Waals surface area contributed by atoms with Gasteiger partial charge in [0.25, 0.3) is 5.91 Å². The van der Waals surface area contributed by atoms with Crippen LogP contribution in [0.15, 0.2) is 47.4 Å². The van der Waals surface area contributed by atoms with Crippen LogP contribution in [0.1, 0.15) is 29.6 Å². The third kappa shape index (κ3) is 5.77. The number of carbonyl (C=O) groups is 2. The molecule has 1 saturated heterocycles. The summed E-state index contributed by atoms with van der Waals surface area (Å²) in [6, 6.07) is 10.8. The highest BCUT2D eigenvalue weighted by atomic mass is 32.2. The Morgan fingerprint density at radius 3 is 2.25 bits per heavy atom. The average molecular weight is 462 g/mol. The van der Waals surface area contributed by atoms with E-state index in [4.69, 9.17) is 9.47 Å². The zero-order chi connectivity index (χ0) is 23.1. The molecule has 0 spiro atoms. The van der Waals surface area contributed by atoms with E-state index in [1.165, 1.54) is 42.8 Å². The quantitative estimate of drug-likeness (QED) is 0.623. The molecule has 0 radical (unpaired) electrons. The topological polar surface area (TPSA) is 114 Å². The summed E-state index contributed by atoms with van der Waals surface area (Å²) in [5.41, 5.74) is 0.619. The molecule has 32 heavy (non-hydrogen) atoms. The van der Waals surface area contributed by atoms with Crippen LogP contribution in [0.3, 0.4) is 0 Å². The predicted octanol–water partition coefficient (Wildman–Crippen LogP) is 2.25. The number of carbonyl (C=O) groups excluding carboxylic acids is 2. The van der Waals surface area contributed by atoms with Crippen molar-refractivity contribution in [3.8, 4) is 11.5 Å². The smallest absolute Gasteiger partial charge is 0.251 e. The third-order valence-electron chi connectivity index (χ3n) is 5.09. The van der Waals surface area contributed by atoms with Crippen LogP contribution in [0.25, 0.3) is 0 Å². The van der Waals surface area contributed by atoms with Gasteiger partial charge in [-0.3, -0.25) is 9.59 Å². The third-order valence-corrected chi connectivity index (χ3v) is 6.99. The van der Waals surface area contributed by atoms with E-state index in [1.54, 1.807) is 18.2 Å². The molecule has 10 heteroatoms. The number of hydrogen-bond acceptors (Lipinski definition) is 6. The van der Waals surface area contributed by atoms with E-state index < -0.39 is 21.8 Å². The molecule has 0 bridgehead atoms. The Hall–Kier alpha value is -3.11. The summed E-state index contributed by atoms with van der Waals surface area (Å²) in [6.07, 6.45) is 2.71. The maximum Gasteiger partial charge on any atom is 0.251 e. The van der Waals surface area contributed by atoms with Gasteiger partial charge in [0.2, 0.25) is 15.9 Å². The van der Waals surface area contributed by atoms with Crippen LogP contribution in [0.5, 0.6) is 11.5 Å². The Balaban J connectivity index is 1.62. The van der Waals surface area contributed by atoms with Gasteiger partial charge in [0.15, 0.2) is 0 Å². The lowest BCUT2D eigenvalue weighted by atomic mass is 10.2. The molecule has 1 aliphatic rings. The Bertz CT molecular complexity index is 1060. The number of nitrogens with zero attached hydrogens (tertiary/aromatic N) is 1. The van der Waals surface area contributed by atoms with E-state index in [1.807, 2.05) is 0 Å². The van der Waals surface area contributed by atoms with Crippen LogP contribution in [0.4, 0.5) is 5.69 Å². The highest BCUT2D eigenvalue weighted by molar-refractivity contribution is 7.89. The molecular formula is C22H27N3O6S. The number of methoxy groups -OCH3 is 2. The number of amides is 2. The van der Waals surface area contributed by atoms with Crippen LogP contribution >= 0.6 is 0 Å². The van der Waals surface area contributed by atoms with Crippen molar-refractivity contribution in [2.24, 2.45) is 0 Å². The van der Waals surface area contributed by atoms with Gasteiger partial charge in [-0.1, -0.05) is 12.5 Å². The molecule has 2 aromatic rings. The summed E-state index contributed by atoms with van der Waals surface area (Å²) in [5, 5.41) is 5.15. The molecule has 1 fully saturated rings. The number of benzene rings is 2. The number of nitrogens with one attached hydrogen (secondary N) is 2. The first-order chi connectivity index (χ1) is 15.3. The summed E-state index contributed by atoms with van der Waals surface area (Å²) >= 11 is 0. The van der Waals surface area contributed by atoms with Crippen LogP contribution in [-0.4, -0.2) is 58.4 Å². The number of ether oxygens (including phenoxy) is 2. The van der Waals surface area contributed by atoms with Gasteiger partial charge < -0.3 is 20.1 Å². The first-order valence-corrected chi connectivity index (χ1v) is 11.7. The Kier molecular flexibility index (Phi) is 7.70. The highest BCUT2D eigenvalue weighted by Gasteiger charge is 2.26. The van der Waals surface area contributed by atoms with Crippen LogP contribution < -0.4 is 20.1 Å². The van der Waals surface area contributed by atoms with Crippen LogP contribution in [0, 0.1) is 0 Å². The molecule has 2 aromatic carbocycles. The standard InChI is InChI=1S/C22H27N3O6S/c1-30-18-11-16(12-19(14-18)31-2)22(27)23-15-21(26)24-17-7-6-8-20(13-17)32(28,29)25-9-4-3-5-10-25/h6-8,11-14H,3-5,9-10,15H2,1-2H3,(H,23,27)(H,24,26). The summed E-state index contributed by atoms with van der Waals surface area (Å²) in [7, 11) is -0.655. The van der Waals surface area contributed by atoms with Gasteiger partial charge in [-0.2, -0.15) is 4.31 Å². The fraction of sp³-hybridized carbons (Fsp3) is 0.364. The lowest BCUT2D eigenvalue weighted by molar-refractivity contribution is -0.115. The van der Waals surface area contributed by atoms with Gasteiger partial charge in [0, 0.05) is 30.4 Å². The molecule has 1 heterocycles. The zero-order valence-corrected chi connectivity index (χ0v) is 18.9. The Labute approximate surface area is 187 Å². The summed E-state index contributed by atoms with van der Waals surface area (Å²) in [5.74, 6) is -0.0594. The van der Waals surface area contributed by atoms with E-state index in [9.17, 15) is 18.0 Å². The molecule has 0 aromatic heterocycles. The monoisotopic (exact) mass is 461 g/mol. The van der Waals surface area contributed by atoms with Crippen LogP contribution in [0.2, 0.25) is 0 Å². The molecule has 1 aliphatic heterocycles. The largest absolute Gasteiger partial charge is 0.497 e. The molecule has 172 valence electrons. The molecular weight excluding hydrogens is 434 g/mol. The first-order valence-electron chi connectivity index (χ1n) is 10.2. The van der Waals surface area contributed by atoms with Gasteiger partial charge in [-0.05, 0) is 43.2 Å². The van der Waals surface area contributed by atoms with E-state index in [0.29, 0.717) is 30.3 Å². The highest BCUT2D eigenvalue weighted by Crippen LogP contribution is 2.23. The normalized spacial score (nSPS) is 14.4. The average Bonchev–Trinajstić information content (AvgIpc) is 2.82. The summed E-state index contributed by atoms with van der Waals surface area (Å²) in [6.45, 7) is 0.710. The van der Waals surface area contributed by atoms with E-state index >= 15 is 0 Å². The molecule has 0 unspecified atom stereocenters. The molecule has 0 saturated carbocycles. The van der Waals surface area contributed by atoms with Crippen molar-refractivity contribution in [3.63, 3.8) is 0 Å². The maximum atomic E-state index is 12.8. The fourth-order valence-corrected chi connectivity index (χ4v) is 4.96. The molecule has 2 amide bonds. The molecule has 0 atom stereocenters. The van der Waals surface area contributed by atoms with Gasteiger partial charge in [0.1, 0.15) is 11.5 Å². The second kappa shape index (κ2) is 10.5. The fourth-order valence-electron chi connectivity index (χ4n) is 3.39. The predicted molar refractivity (Wildman–Crippen MR) is 120 cm³/mol. The van der Waals surface area contributed by atoms with E-state index in [2.05, 4.69) is 10.6 Å². The van der Waals surface area contributed by atoms with Gasteiger partial charge in [-0.25, -0.2) is 8.42 Å². The van der Waals surface area contributed by atoms with Crippen molar-refractivity contribution >= 4 is 27.5 Å². The van der Waals surface area contributed by atoms with Crippen LogP contribution in [-0.2, 0) is 14.8 Å². The molecule has 2 N–H and O–H groups in total. The molecule has 0 aliphatic carbocycles. The molecule has 9 nitrogen and oxygen atoms in total. The van der Waals surface area contributed by atoms with Gasteiger partial charge >= 0.3 is 0 Å². The van der Waals surface area contributed by atoms with Crippen molar-refractivity contribution in [1.29, 1.82) is 0 Å². The number of anilines is 1. The minimum absolute atomic E-state index is 0.129. The van der Waals surface area contributed by atoms with Crippen molar-refractivity contribution in [3.05, 3.63) is 48.0 Å². The van der Waals surface area contributed by atoms with Gasteiger partial charge in [0.05, 0.1) is 25.7 Å². The minimum atomic E-state index is -3.61. The lowest BCUT2D eigenvalue weighted by Crippen LogP contribution is -2.35.